The van der Waals surface area contributed by atoms with Crippen molar-refractivity contribution < 1.29 is 18.0 Å². The molecule has 22 heavy (non-hydrogen) atoms. The number of benzene rings is 2. The summed E-state index contributed by atoms with van der Waals surface area (Å²) in [5, 5.41) is 2.83. The third-order valence-corrected chi connectivity index (χ3v) is 3.94. The van der Waals surface area contributed by atoms with Crippen molar-refractivity contribution in [3.05, 3.63) is 62.0 Å². The van der Waals surface area contributed by atoms with E-state index in [0.717, 1.165) is 6.07 Å². The minimum absolute atomic E-state index is 0.00606. The van der Waals surface area contributed by atoms with E-state index in [2.05, 4.69) is 21.2 Å². The van der Waals surface area contributed by atoms with Gasteiger partial charge in [-0.3, -0.25) is 4.79 Å². The van der Waals surface area contributed by atoms with Crippen LogP contribution in [-0.2, 0) is 6.18 Å². The molecule has 0 saturated heterocycles. The van der Waals surface area contributed by atoms with Gasteiger partial charge < -0.3 is 5.32 Å². The third kappa shape index (κ3) is 3.94. The molecule has 2 aromatic carbocycles. The zero-order valence-electron chi connectivity index (χ0n) is 10.6. The number of hydrogen-bond acceptors (Lipinski definition) is 1. The molecule has 116 valence electrons. The average Bonchev–Trinajstić information content (AvgIpc) is 2.39. The second-order valence-electron chi connectivity index (χ2n) is 4.27. The van der Waals surface area contributed by atoms with Crippen molar-refractivity contribution >= 4 is 50.7 Å². The predicted molar refractivity (Wildman–Crippen MR) is 83.6 cm³/mol. The number of alkyl halides is 3. The Bertz CT molecular complexity index is 735. The molecule has 0 aliphatic carbocycles. The number of amides is 1. The van der Waals surface area contributed by atoms with E-state index < -0.39 is 17.6 Å². The molecule has 2 nitrogen and oxygen atoms in total. The molecule has 8 heteroatoms. The summed E-state index contributed by atoms with van der Waals surface area (Å²) in [5.74, 6) is -0.628. The standard InChI is InChI=1S/C14H7BrCl2F3NO/c15-11-4-2-8(6-10(11)14(18,19)20)21-13(22)9-3-1-7(16)5-12(9)17/h1-6H,(H,21,22). The number of nitrogens with one attached hydrogen (secondary N) is 1. The van der Waals surface area contributed by atoms with Gasteiger partial charge in [0.2, 0.25) is 0 Å². The van der Waals surface area contributed by atoms with Gasteiger partial charge in [0.15, 0.2) is 0 Å². The molecule has 0 unspecified atom stereocenters. The molecular formula is C14H7BrCl2F3NO. The summed E-state index contributed by atoms with van der Waals surface area (Å²) in [4.78, 5) is 12.1. The van der Waals surface area contributed by atoms with Gasteiger partial charge in [0.05, 0.1) is 16.1 Å². The number of halogens is 6. The smallest absolute Gasteiger partial charge is 0.322 e. The Kier molecular flexibility index (Phi) is 5.04. The summed E-state index contributed by atoms with van der Waals surface area (Å²) in [7, 11) is 0. The van der Waals surface area contributed by atoms with Crippen LogP contribution in [0.3, 0.4) is 0 Å². The van der Waals surface area contributed by atoms with Crippen LogP contribution < -0.4 is 5.32 Å². The van der Waals surface area contributed by atoms with Crippen LogP contribution in [-0.4, -0.2) is 5.91 Å². The summed E-state index contributed by atoms with van der Waals surface area (Å²) in [6.45, 7) is 0. The van der Waals surface area contributed by atoms with Crippen molar-refractivity contribution in [2.45, 2.75) is 6.18 Å². The van der Waals surface area contributed by atoms with Gasteiger partial charge >= 0.3 is 6.18 Å². The topological polar surface area (TPSA) is 29.1 Å². The number of carbonyl (C=O) groups excluding carboxylic acids is 1. The molecule has 2 rings (SSSR count). The first-order valence-corrected chi connectivity index (χ1v) is 7.36. The lowest BCUT2D eigenvalue weighted by atomic mass is 10.1. The normalized spacial score (nSPS) is 11.4. The van der Waals surface area contributed by atoms with Crippen LogP contribution >= 0.6 is 39.1 Å². The molecule has 0 spiro atoms. The highest BCUT2D eigenvalue weighted by molar-refractivity contribution is 9.10. The van der Waals surface area contributed by atoms with E-state index >= 15 is 0 Å². The van der Waals surface area contributed by atoms with Crippen LogP contribution in [0.15, 0.2) is 40.9 Å². The van der Waals surface area contributed by atoms with Gasteiger partial charge in [-0.25, -0.2) is 0 Å². The molecule has 0 radical (unpaired) electrons. The zero-order chi connectivity index (χ0) is 16.5. The minimum atomic E-state index is -4.53. The molecule has 1 amide bonds. The highest BCUT2D eigenvalue weighted by Gasteiger charge is 2.33. The highest BCUT2D eigenvalue weighted by atomic mass is 79.9. The van der Waals surface area contributed by atoms with Crippen molar-refractivity contribution in [1.29, 1.82) is 0 Å². The van der Waals surface area contributed by atoms with E-state index in [-0.39, 0.29) is 20.7 Å². The zero-order valence-corrected chi connectivity index (χ0v) is 13.7. The van der Waals surface area contributed by atoms with Gasteiger partial charge in [0.1, 0.15) is 0 Å². The summed E-state index contributed by atoms with van der Waals surface area (Å²) in [6.07, 6.45) is -4.53. The van der Waals surface area contributed by atoms with E-state index in [9.17, 15) is 18.0 Å². The van der Waals surface area contributed by atoms with Gasteiger partial charge in [0, 0.05) is 15.2 Å². The van der Waals surface area contributed by atoms with E-state index in [0.29, 0.717) is 5.02 Å². The average molecular weight is 413 g/mol. The summed E-state index contributed by atoms with van der Waals surface area (Å²) >= 11 is 14.4. The lowest BCUT2D eigenvalue weighted by molar-refractivity contribution is -0.138. The minimum Gasteiger partial charge on any atom is -0.322 e. The van der Waals surface area contributed by atoms with Gasteiger partial charge in [-0.15, -0.1) is 0 Å². The first-order chi connectivity index (χ1) is 10.2. The van der Waals surface area contributed by atoms with Crippen molar-refractivity contribution in [3.8, 4) is 0 Å². The van der Waals surface area contributed by atoms with E-state index in [1.807, 2.05) is 0 Å². The quantitative estimate of drug-likeness (QED) is 0.641. The lowest BCUT2D eigenvalue weighted by Crippen LogP contribution is -2.14. The maximum atomic E-state index is 12.8. The van der Waals surface area contributed by atoms with Crippen molar-refractivity contribution in [2.75, 3.05) is 5.32 Å². The van der Waals surface area contributed by atoms with Gasteiger partial charge in [0.25, 0.3) is 5.91 Å². The molecule has 0 aliphatic heterocycles. The molecular weight excluding hydrogens is 406 g/mol. The van der Waals surface area contributed by atoms with Crippen LogP contribution in [0.1, 0.15) is 15.9 Å². The maximum absolute atomic E-state index is 12.8. The van der Waals surface area contributed by atoms with Crippen LogP contribution in [0, 0.1) is 0 Å². The first kappa shape index (κ1) is 17.1. The Labute approximate surface area is 142 Å². The second kappa shape index (κ2) is 6.48. The highest BCUT2D eigenvalue weighted by Crippen LogP contribution is 2.36. The van der Waals surface area contributed by atoms with Crippen LogP contribution in [0.2, 0.25) is 10.0 Å². The van der Waals surface area contributed by atoms with E-state index in [1.54, 1.807) is 0 Å². The fourth-order valence-electron chi connectivity index (χ4n) is 1.69. The Hall–Kier alpha value is -1.24. The number of hydrogen-bond donors (Lipinski definition) is 1. The molecule has 0 fully saturated rings. The van der Waals surface area contributed by atoms with Crippen molar-refractivity contribution in [1.82, 2.24) is 0 Å². The molecule has 2 aromatic rings. The van der Waals surface area contributed by atoms with Gasteiger partial charge in [-0.05, 0) is 36.4 Å². The number of rotatable bonds is 2. The largest absolute Gasteiger partial charge is 0.417 e. The number of carbonyl (C=O) groups is 1. The predicted octanol–water partition coefficient (Wildman–Crippen LogP) is 6.03. The van der Waals surface area contributed by atoms with Crippen molar-refractivity contribution in [2.24, 2.45) is 0 Å². The molecule has 0 atom stereocenters. The SMILES string of the molecule is O=C(Nc1ccc(Br)c(C(F)(F)F)c1)c1ccc(Cl)cc1Cl. The van der Waals surface area contributed by atoms with Crippen LogP contribution in [0.25, 0.3) is 0 Å². The molecule has 0 heterocycles. The monoisotopic (exact) mass is 411 g/mol. The number of anilines is 1. The van der Waals surface area contributed by atoms with Gasteiger partial charge in [-0.2, -0.15) is 13.2 Å². The van der Waals surface area contributed by atoms with E-state index in [4.69, 9.17) is 23.2 Å². The summed E-state index contributed by atoms with van der Waals surface area (Å²) < 4.78 is 38.3. The van der Waals surface area contributed by atoms with Gasteiger partial charge in [-0.1, -0.05) is 39.1 Å². The maximum Gasteiger partial charge on any atom is 0.417 e. The fraction of sp³-hybridized carbons (Fsp3) is 0.0714. The molecule has 0 aliphatic rings. The lowest BCUT2D eigenvalue weighted by Gasteiger charge is -2.12. The molecule has 0 bridgehead atoms. The molecule has 0 saturated carbocycles. The second-order valence-corrected chi connectivity index (χ2v) is 5.97. The summed E-state index contributed by atoms with van der Waals surface area (Å²) in [6, 6.07) is 7.63. The molecule has 1 N–H and O–H groups in total. The van der Waals surface area contributed by atoms with E-state index in [1.165, 1.54) is 30.3 Å². The van der Waals surface area contributed by atoms with Crippen LogP contribution in [0.5, 0.6) is 0 Å². The van der Waals surface area contributed by atoms with Crippen LogP contribution in [0.4, 0.5) is 18.9 Å². The Morgan fingerprint density at radius 3 is 2.36 bits per heavy atom. The Balaban J connectivity index is 2.29. The fourth-order valence-corrected chi connectivity index (χ4v) is 2.66. The summed E-state index contributed by atoms with van der Waals surface area (Å²) in [5.41, 5.74) is -0.762. The van der Waals surface area contributed by atoms with Crippen molar-refractivity contribution in [3.63, 3.8) is 0 Å². The molecule has 0 aromatic heterocycles. The third-order valence-electron chi connectivity index (χ3n) is 2.71. The first-order valence-electron chi connectivity index (χ1n) is 5.81. The Morgan fingerprint density at radius 2 is 1.77 bits per heavy atom. The Morgan fingerprint density at radius 1 is 1.09 bits per heavy atom.